The fraction of sp³-hybridized carbons (Fsp3) is 0.417. The molecule has 29 heavy (non-hydrogen) atoms. The Labute approximate surface area is 174 Å². The number of benzene rings is 2. The van der Waals surface area contributed by atoms with Crippen molar-refractivity contribution in [2.45, 2.75) is 46.7 Å². The smallest absolute Gasteiger partial charge is 0.261 e. The standard InChI is InChI=1S/C24H32N2O3/c1-5-22(24(28)25-15-18(2)3)26(16-20-11-9-10-19(4)14-20)23(27)17-29-21-12-7-6-8-13-21/h6-14,18,22H,5,15-17H2,1-4H3,(H,25,28). The van der Waals surface area contributed by atoms with Crippen molar-refractivity contribution in [3.05, 3.63) is 65.7 Å². The highest BCUT2D eigenvalue weighted by Crippen LogP contribution is 2.15. The molecule has 1 N–H and O–H groups in total. The first-order valence-corrected chi connectivity index (χ1v) is 10.2. The van der Waals surface area contributed by atoms with Crippen LogP contribution in [0.1, 0.15) is 38.3 Å². The molecule has 0 radical (unpaired) electrons. The number of ether oxygens (including phenoxy) is 1. The second-order valence-electron chi connectivity index (χ2n) is 7.68. The van der Waals surface area contributed by atoms with Gasteiger partial charge in [-0.05, 0) is 37.0 Å². The lowest BCUT2D eigenvalue weighted by atomic mass is 10.1. The highest BCUT2D eigenvalue weighted by atomic mass is 16.5. The predicted molar refractivity (Wildman–Crippen MR) is 116 cm³/mol. The van der Waals surface area contributed by atoms with Crippen LogP contribution < -0.4 is 10.1 Å². The molecule has 2 aromatic carbocycles. The van der Waals surface area contributed by atoms with E-state index in [-0.39, 0.29) is 18.4 Å². The average molecular weight is 397 g/mol. The van der Waals surface area contributed by atoms with E-state index >= 15 is 0 Å². The fourth-order valence-corrected chi connectivity index (χ4v) is 3.09. The maximum Gasteiger partial charge on any atom is 0.261 e. The normalized spacial score (nSPS) is 11.8. The van der Waals surface area contributed by atoms with E-state index in [1.807, 2.05) is 82.3 Å². The van der Waals surface area contributed by atoms with Crippen LogP contribution in [0.3, 0.4) is 0 Å². The van der Waals surface area contributed by atoms with Gasteiger partial charge in [-0.15, -0.1) is 0 Å². The molecule has 156 valence electrons. The van der Waals surface area contributed by atoms with E-state index in [4.69, 9.17) is 4.74 Å². The van der Waals surface area contributed by atoms with E-state index in [9.17, 15) is 9.59 Å². The largest absolute Gasteiger partial charge is 0.484 e. The Bertz CT molecular complexity index is 790. The van der Waals surface area contributed by atoms with Gasteiger partial charge >= 0.3 is 0 Å². The highest BCUT2D eigenvalue weighted by molar-refractivity contribution is 5.88. The molecular weight excluding hydrogens is 364 g/mol. The van der Waals surface area contributed by atoms with Gasteiger partial charge in [0.1, 0.15) is 11.8 Å². The lowest BCUT2D eigenvalue weighted by Crippen LogP contribution is -2.50. The van der Waals surface area contributed by atoms with Crippen LogP contribution in [-0.2, 0) is 16.1 Å². The summed E-state index contributed by atoms with van der Waals surface area (Å²) in [4.78, 5) is 27.5. The van der Waals surface area contributed by atoms with E-state index in [0.717, 1.165) is 11.1 Å². The van der Waals surface area contributed by atoms with Gasteiger partial charge in [0.25, 0.3) is 5.91 Å². The summed E-state index contributed by atoms with van der Waals surface area (Å²) in [7, 11) is 0. The van der Waals surface area contributed by atoms with Gasteiger partial charge in [0.05, 0.1) is 0 Å². The molecule has 5 heteroatoms. The Hall–Kier alpha value is -2.82. The highest BCUT2D eigenvalue weighted by Gasteiger charge is 2.29. The summed E-state index contributed by atoms with van der Waals surface area (Å²) in [5, 5.41) is 2.97. The van der Waals surface area contributed by atoms with E-state index in [0.29, 0.717) is 31.2 Å². The van der Waals surface area contributed by atoms with Crippen molar-refractivity contribution in [1.29, 1.82) is 0 Å². The quantitative estimate of drug-likeness (QED) is 0.661. The van der Waals surface area contributed by atoms with Crippen molar-refractivity contribution in [2.75, 3.05) is 13.2 Å². The summed E-state index contributed by atoms with van der Waals surface area (Å²) in [5.74, 6) is 0.649. The molecular formula is C24H32N2O3. The number of carbonyl (C=O) groups excluding carboxylic acids is 2. The molecule has 0 saturated carbocycles. The minimum atomic E-state index is -0.541. The molecule has 0 heterocycles. The lowest BCUT2D eigenvalue weighted by Gasteiger charge is -2.31. The van der Waals surface area contributed by atoms with Gasteiger partial charge in [-0.3, -0.25) is 9.59 Å². The summed E-state index contributed by atoms with van der Waals surface area (Å²) in [5.41, 5.74) is 2.11. The van der Waals surface area contributed by atoms with Crippen LogP contribution in [0.25, 0.3) is 0 Å². The molecule has 1 unspecified atom stereocenters. The first kappa shape index (κ1) is 22.5. The topological polar surface area (TPSA) is 58.6 Å². The molecule has 0 spiro atoms. The second-order valence-corrected chi connectivity index (χ2v) is 7.68. The van der Waals surface area contributed by atoms with Gasteiger partial charge in [-0.1, -0.05) is 68.8 Å². The molecule has 2 rings (SSSR count). The Morgan fingerprint density at radius 2 is 1.79 bits per heavy atom. The zero-order chi connectivity index (χ0) is 21.2. The Kier molecular flexibility index (Phi) is 8.71. The molecule has 0 aliphatic heterocycles. The minimum absolute atomic E-state index is 0.107. The first-order valence-electron chi connectivity index (χ1n) is 10.2. The third kappa shape index (κ3) is 7.26. The monoisotopic (exact) mass is 396 g/mol. The maximum absolute atomic E-state index is 13.1. The van der Waals surface area contributed by atoms with Crippen molar-refractivity contribution in [3.63, 3.8) is 0 Å². The average Bonchev–Trinajstić information content (AvgIpc) is 2.71. The van der Waals surface area contributed by atoms with Gasteiger partial charge in [-0.2, -0.15) is 0 Å². The zero-order valence-corrected chi connectivity index (χ0v) is 17.9. The number of para-hydroxylation sites is 1. The van der Waals surface area contributed by atoms with E-state index in [1.165, 1.54) is 0 Å². The summed E-state index contributed by atoms with van der Waals surface area (Å²) < 4.78 is 5.66. The summed E-state index contributed by atoms with van der Waals surface area (Å²) in [6.45, 7) is 8.88. The first-order chi connectivity index (χ1) is 13.9. The van der Waals surface area contributed by atoms with Crippen LogP contribution in [0.4, 0.5) is 0 Å². The molecule has 0 fully saturated rings. The van der Waals surface area contributed by atoms with E-state index < -0.39 is 6.04 Å². The van der Waals surface area contributed by atoms with Gasteiger partial charge in [0.15, 0.2) is 6.61 Å². The molecule has 1 atom stereocenters. The Balaban J connectivity index is 2.18. The SMILES string of the molecule is CCC(C(=O)NCC(C)C)N(Cc1cccc(C)c1)C(=O)COc1ccccc1. The number of nitrogens with one attached hydrogen (secondary N) is 1. The maximum atomic E-state index is 13.1. The predicted octanol–water partition coefficient (Wildman–Crippen LogP) is 3.95. The molecule has 2 aromatic rings. The lowest BCUT2D eigenvalue weighted by molar-refractivity contribution is -0.143. The number of carbonyl (C=O) groups is 2. The summed E-state index contributed by atoms with van der Waals surface area (Å²) >= 11 is 0. The van der Waals surface area contributed by atoms with Crippen LogP contribution in [0.15, 0.2) is 54.6 Å². The molecule has 2 amide bonds. The fourth-order valence-electron chi connectivity index (χ4n) is 3.09. The van der Waals surface area contributed by atoms with Crippen LogP contribution >= 0.6 is 0 Å². The molecule has 0 aromatic heterocycles. The number of aryl methyl sites for hydroxylation is 1. The number of hydrogen-bond donors (Lipinski definition) is 1. The van der Waals surface area contributed by atoms with Crippen molar-refractivity contribution in [2.24, 2.45) is 5.92 Å². The van der Waals surface area contributed by atoms with Crippen molar-refractivity contribution < 1.29 is 14.3 Å². The van der Waals surface area contributed by atoms with Gasteiger partial charge < -0.3 is 15.0 Å². The zero-order valence-electron chi connectivity index (χ0n) is 17.9. The van der Waals surface area contributed by atoms with E-state index in [2.05, 4.69) is 5.32 Å². The van der Waals surface area contributed by atoms with Crippen molar-refractivity contribution in [3.8, 4) is 5.75 Å². The van der Waals surface area contributed by atoms with Crippen LogP contribution in [0, 0.1) is 12.8 Å². The number of amides is 2. The van der Waals surface area contributed by atoms with Gasteiger partial charge in [0, 0.05) is 13.1 Å². The minimum Gasteiger partial charge on any atom is -0.484 e. The van der Waals surface area contributed by atoms with Crippen molar-refractivity contribution >= 4 is 11.8 Å². The van der Waals surface area contributed by atoms with Gasteiger partial charge in [0.2, 0.25) is 5.91 Å². The third-order valence-electron chi connectivity index (χ3n) is 4.61. The molecule has 0 aliphatic rings. The Morgan fingerprint density at radius 1 is 1.07 bits per heavy atom. The summed E-state index contributed by atoms with van der Waals surface area (Å²) in [6.07, 6.45) is 0.535. The molecule has 0 saturated heterocycles. The van der Waals surface area contributed by atoms with Crippen LogP contribution in [0.5, 0.6) is 5.75 Å². The van der Waals surface area contributed by atoms with E-state index in [1.54, 1.807) is 4.90 Å². The molecule has 0 aliphatic carbocycles. The number of hydrogen-bond acceptors (Lipinski definition) is 3. The van der Waals surface area contributed by atoms with Crippen molar-refractivity contribution in [1.82, 2.24) is 10.2 Å². The second kappa shape index (κ2) is 11.2. The molecule has 0 bridgehead atoms. The third-order valence-corrected chi connectivity index (χ3v) is 4.61. The van der Waals surface area contributed by atoms with Crippen LogP contribution in [-0.4, -0.2) is 35.9 Å². The summed E-state index contributed by atoms with van der Waals surface area (Å²) in [6, 6.07) is 16.7. The van der Waals surface area contributed by atoms with Crippen LogP contribution in [0.2, 0.25) is 0 Å². The number of nitrogens with zero attached hydrogens (tertiary/aromatic N) is 1. The Morgan fingerprint density at radius 3 is 2.41 bits per heavy atom. The molecule has 5 nitrogen and oxygen atoms in total. The number of rotatable bonds is 10. The van der Waals surface area contributed by atoms with Gasteiger partial charge in [-0.25, -0.2) is 0 Å².